The van der Waals surface area contributed by atoms with Gasteiger partial charge in [0, 0.05) is 25.3 Å². The van der Waals surface area contributed by atoms with Crippen LogP contribution in [0.2, 0.25) is 0 Å². The van der Waals surface area contributed by atoms with E-state index in [9.17, 15) is 4.79 Å². The number of anilines is 1. The van der Waals surface area contributed by atoms with Gasteiger partial charge in [-0.1, -0.05) is 0 Å². The van der Waals surface area contributed by atoms with E-state index in [4.69, 9.17) is 0 Å². The third kappa shape index (κ3) is 2.93. The molecule has 5 heteroatoms. The maximum absolute atomic E-state index is 11.8. The highest BCUT2D eigenvalue weighted by molar-refractivity contribution is 5.92. The largest absolute Gasteiger partial charge is 0.348 e. The molecule has 1 saturated carbocycles. The van der Waals surface area contributed by atoms with E-state index < -0.39 is 0 Å². The molecular weight excluding hydrogens is 216 g/mol. The first kappa shape index (κ1) is 11.8. The zero-order valence-electron chi connectivity index (χ0n) is 10.3. The highest BCUT2D eigenvalue weighted by atomic mass is 16.2. The van der Waals surface area contributed by atoms with Crippen LogP contribution in [0.5, 0.6) is 0 Å². The van der Waals surface area contributed by atoms with Crippen molar-refractivity contribution in [3.63, 3.8) is 0 Å². The Morgan fingerprint density at radius 1 is 1.47 bits per heavy atom. The molecule has 5 nitrogen and oxygen atoms in total. The van der Waals surface area contributed by atoms with Gasteiger partial charge >= 0.3 is 0 Å². The Kier molecular flexibility index (Phi) is 3.56. The van der Waals surface area contributed by atoms with Crippen LogP contribution in [0.1, 0.15) is 37.2 Å². The summed E-state index contributed by atoms with van der Waals surface area (Å²) in [6, 6.07) is 2.01. The van der Waals surface area contributed by atoms with Gasteiger partial charge in [-0.3, -0.25) is 4.79 Å². The molecule has 1 fully saturated rings. The molecule has 0 aliphatic heterocycles. The Morgan fingerprint density at radius 3 is 2.76 bits per heavy atom. The van der Waals surface area contributed by atoms with Gasteiger partial charge in [-0.15, -0.1) is 0 Å². The van der Waals surface area contributed by atoms with Gasteiger partial charge in [0.2, 0.25) is 5.95 Å². The van der Waals surface area contributed by atoms with Crippen LogP contribution in [-0.2, 0) is 0 Å². The van der Waals surface area contributed by atoms with E-state index in [2.05, 4.69) is 15.3 Å². The number of hydrogen-bond acceptors (Lipinski definition) is 4. The summed E-state index contributed by atoms with van der Waals surface area (Å²) < 4.78 is 0. The summed E-state index contributed by atoms with van der Waals surface area (Å²) in [6.45, 7) is 5.77. The summed E-state index contributed by atoms with van der Waals surface area (Å²) in [7, 11) is 0. The van der Waals surface area contributed by atoms with Crippen LogP contribution >= 0.6 is 0 Å². The summed E-state index contributed by atoms with van der Waals surface area (Å²) in [5.74, 6) is 0.529. The summed E-state index contributed by atoms with van der Waals surface area (Å²) in [5, 5.41) is 2.92. The Hall–Kier alpha value is -1.65. The fourth-order valence-electron chi connectivity index (χ4n) is 1.62. The summed E-state index contributed by atoms with van der Waals surface area (Å²) >= 11 is 0. The Bertz CT molecular complexity index is 399. The van der Waals surface area contributed by atoms with Gasteiger partial charge in [0.05, 0.1) is 0 Å². The van der Waals surface area contributed by atoms with E-state index in [0.29, 0.717) is 17.7 Å². The molecule has 0 unspecified atom stereocenters. The number of aromatic nitrogens is 2. The summed E-state index contributed by atoms with van der Waals surface area (Å²) in [6.07, 6.45) is 3.81. The molecule has 0 saturated heterocycles. The SMILES string of the molecule is CCN(CC)c1nccc(C(=O)NC2CC2)n1. The second-order valence-electron chi connectivity index (χ2n) is 4.16. The van der Waals surface area contributed by atoms with E-state index in [1.54, 1.807) is 12.3 Å². The molecule has 1 amide bonds. The average Bonchev–Trinajstić information content (AvgIpc) is 3.15. The molecule has 1 aromatic heterocycles. The van der Waals surface area contributed by atoms with E-state index in [1.807, 2.05) is 18.7 Å². The molecule has 1 heterocycles. The van der Waals surface area contributed by atoms with Crippen LogP contribution in [0.25, 0.3) is 0 Å². The third-order valence-corrected chi connectivity index (χ3v) is 2.83. The minimum absolute atomic E-state index is 0.0942. The third-order valence-electron chi connectivity index (χ3n) is 2.83. The lowest BCUT2D eigenvalue weighted by atomic mass is 10.3. The highest BCUT2D eigenvalue weighted by Crippen LogP contribution is 2.19. The number of nitrogens with one attached hydrogen (secondary N) is 1. The molecule has 17 heavy (non-hydrogen) atoms. The number of nitrogens with zero attached hydrogens (tertiary/aromatic N) is 3. The minimum Gasteiger partial charge on any atom is -0.348 e. The Morgan fingerprint density at radius 2 is 2.18 bits per heavy atom. The highest BCUT2D eigenvalue weighted by Gasteiger charge is 2.24. The Labute approximate surface area is 101 Å². The van der Waals surface area contributed by atoms with Crippen molar-refractivity contribution in [1.82, 2.24) is 15.3 Å². The molecule has 92 valence electrons. The second-order valence-corrected chi connectivity index (χ2v) is 4.16. The monoisotopic (exact) mass is 234 g/mol. The quantitative estimate of drug-likeness (QED) is 0.832. The lowest BCUT2D eigenvalue weighted by Gasteiger charge is -2.18. The lowest BCUT2D eigenvalue weighted by molar-refractivity contribution is 0.0946. The van der Waals surface area contributed by atoms with Gasteiger partial charge in [-0.25, -0.2) is 9.97 Å². The van der Waals surface area contributed by atoms with Crippen molar-refractivity contribution in [2.45, 2.75) is 32.7 Å². The first-order valence-corrected chi connectivity index (χ1v) is 6.13. The van der Waals surface area contributed by atoms with Gasteiger partial charge in [-0.05, 0) is 32.8 Å². The summed E-state index contributed by atoms with van der Waals surface area (Å²) in [4.78, 5) is 22.3. The van der Waals surface area contributed by atoms with Gasteiger partial charge in [-0.2, -0.15) is 0 Å². The molecule has 1 aliphatic rings. The summed E-state index contributed by atoms with van der Waals surface area (Å²) in [5.41, 5.74) is 0.453. The molecule has 0 atom stereocenters. The van der Waals surface area contributed by atoms with E-state index in [1.165, 1.54) is 0 Å². The molecule has 1 aliphatic carbocycles. The fourth-order valence-corrected chi connectivity index (χ4v) is 1.62. The number of carbonyl (C=O) groups is 1. The van der Waals surface area contributed by atoms with Crippen molar-refractivity contribution >= 4 is 11.9 Å². The zero-order valence-corrected chi connectivity index (χ0v) is 10.3. The van der Waals surface area contributed by atoms with Gasteiger partial charge in [0.15, 0.2) is 0 Å². The van der Waals surface area contributed by atoms with E-state index in [0.717, 1.165) is 25.9 Å². The zero-order chi connectivity index (χ0) is 12.3. The van der Waals surface area contributed by atoms with Crippen molar-refractivity contribution in [2.24, 2.45) is 0 Å². The molecule has 0 spiro atoms. The second kappa shape index (κ2) is 5.12. The standard InChI is InChI=1S/C12H18N4O/c1-3-16(4-2)12-13-8-7-10(15-12)11(17)14-9-5-6-9/h7-9H,3-6H2,1-2H3,(H,14,17). The normalized spacial score (nSPS) is 14.5. The fraction of sp³-hybridized carbons (Fsp3) is 0.583. The molecule has 0 bridgehead atoms. The van der Waals surface area contributed by atoms with Crippen molar-refractivity contribution in [3.8, 4) is 0 Å². The molecule has 1 N–H and O–H groups in total. The maximum atomic E-state index is 11.8. The number of amides is 1. The van der Waals surface area contributed by atoms with Crippen LogP contribution in [0, 0.1) is 0 Å². The van der Waals surface area contributed by atoms with Crippen molar-refractivity contribution in [1.29, 1.82) is 0 Å². The number of rotatable bonds is 5. The number of hydrogen-bond donors (Lipinski definition) is 1. The first-order chi connectivity index (χ1) is 8.24. The van der Waals surface area contributed by atoms with Crippen LogP contribution in [-0.4, -0.2) is 35.0 Å². The van der Waals surface area contributed by atoms with Crippen LogP contribution in [0.15, 0.2) is 12.3 Å². The molecule has 0 aromatic carbocycles. The van der Waals surface area contributed by atoms with E-state index in [-0.39, 0.29) is 5.91 Å². The predicted molar refractivity (Wildman–Crippen MR) is 66.1 cm³/mol. The lowest BCUT2D eigenvalue weighted by Crippen LogP contribution is -2.28. The van der Waals surface area contributed by atoms with Gasteiger partial charge < -0.3 is 10.2 Å². The molecule has 1 aromatic rings. The maximum Gasteiger partial charge on any atom is 0.270 e. The minimum atomic E-state index is -0.0942. The van der Waals surface area contributed by atoms with Crippen LogP contribution < -0.4 is 10.2 Å². The number of carbonyl (C=O) groups excluding carboxylic acids is 1. The van der Waals surface area contributed by atoms with Crippen LogP contribution in [0.4, 0.5) is 5.95 Å². The van der Waals surface area contributed by atoms with Gasteiger partial charge in [0.25, 0.3) is 5.91 Å². The average molecular weight is 234 g/mol. The van der Waals surface area contributed by atoms with Crippen LogP contribution in [0.3, 0.4) is 0 Å². The van der Waals surface area contributed by atoms with Crippen molar-refractivity contribution in [2.75, 3.05) is 18.0 Å². The van der Waals surface area contributed by atoms with Crippen molar-refractivity contribution in [3.05, 3.63) is 18.0 Å². The van der Waals surface area contributed by atoms with Crippen molar-refractivity contribution < 1.29 is 4.79 Å². The first-order valence-electron chi connectivity index (χ1n) is 6.13. The smallest absolute Gasteiger partial charge is 0.270 e. The van der Waals surface area contributed by atoms with Gasteiger partial charge in [0.1, 0.15) is 5.69 Å². The topological polar surface area (TPSA) is 58.1 Å². The molecule has 2 rings (SSSR count). The molecular formula is C12H18N4O. The molecule has 0 radical (unpaired) electrons. The predicted octanol–water partition coefficient (Wildman–Crippen LogP) is 1.21. The Balaban J connectivity index is 2.11. The van der Waals surface area contributed by atoms with E-state index >= 15 is 0 Å².